The van der Waals surface area contributed by atoms with Crippen molar-refractivity contribution in [3.63, 3.8) is 0 Å². The number of thiocarbonyl (C=S) groups is 1. The predicted molar refractivity (Wildman–Crippen MR) is 120 cm³/mol. The van der Waals surface area contributed by atoms with E-state index in [9.17, 15) is 14.9 Å². The van der Waals surface area contributed by atoms with E-state index in [1.54, 1.807) is 13.0 Å². The average Bonchev–Trinajstić information content (AvgIpc) is 2.74. The van der Waals surface area contributed by atoms with Gasteiger partial charge in [-0.05, 0) is 36.3 Å². The van der Waals surface area contributed by atoms with Crippen LogP contribution in [0.3, 0.4) is 0 Å². The molecule has 7 heteroatoms. The van der Waals surface area contributed by atoms with E-state index in [0.717, 1.165) is 11.1 Å². The van der Waals surface area contributed by atoms with Crippen LogP contribution < -0.4 is 5.32 Å². The highest BCUT2D eigenvalue weighted by atomic mass is 32.1. The summed E-state index contributed by atoms with van der Waals surface area (Å²) in [6, 6.07) is 24.1. The summed E-state index contributed by atoms with van der Waals surface area (Å²) in [5.41, 5.74) is 2.54. The SMILES string of the molecule is Cc1c(C(=O)NC(=S)N(Cc2ccccc2)Cc2ccccc2)cccc1[N+](=O)[O-]. The number of carbonyl (C=O) groups excluding carboxylic acids is 1. The van der Waals surface area contributed by atoms with Crippen LogP contribution in [0.15, 0.2) is 78.9 Å². The molecule has 0 heterocycles. The van der Waals surface area contributed by atoms with E-state index < -0.39 is 10.8 Å². The Morgan fingerprint density at radius 2 is 1.47 bits per heavy atom. The van der Waals surface area contributed by atoms with Crippen LogP contribution in [0.1, 0.15) is 27.0 Å². The summed E-state index contributed by atoms with van der Waals surface area (Å²) in [5, 5.41) is 14.2. The van der Waals surface area contributed by atoms with Crippen molar-refractivity contribution in [1.82, 2.24) is 10.2 Å². The number of carbonyl (C=O) groups is 1. The number of nitrogens with zero attached hydrogens (tertiary/aromatic N) is 2. The van der Waals surface area contributed by atoms with E-state index in [0.29, 0.717) is 18.7 Å². The monoisotopic (exact) mass is 419 g/mol. The Balaban J connectivity index is 1.81. The minimum Gasteiger partial charge on any atom is -0.340 e. The Hall–Kier alpha value is -3.58. The highest BCUT2D eigenvalue weighted by Crippen LogP contribution is 2.21. The lowest BCUT2D eigenvalue weighted by molar-refractivity contribution is -0.385. The molecule has 1 N–H and O–H groups in total. The van der Waals surface area contributed by atoms with E-state index in [2.05, 4.69) is 5.32 Å². The first kappa shape index (κ1) is 21.1. The Bertz CT molecular complexity index is 1010. The number of hydrogen-bond acceptors (Lipinski definition) is 4. The summed E-state index contributed by atoms with van der Waals surface area (Å²) >= 11 is 5.54. The molecule has 1 amide bonds. The third-order valence-electron chi connectivity index (χ3n) is 4.69. The van der Waals surface area contributed by atoms with E-state index >= 15 is 0 Å². The third kappa shape index (κ3) is 5.27. The fraction of sp³-hybridized carbons (Fsp3) is 0.130. The van der Waals surface area contributed by atoms with Crippen LogP contribution in [0.2, 0.25) is 0 Å². The topological polar surface area (TPSA) is 75.5 Å². The van der Waals surface area contributed by atoms with Gasteiger partial charge in [-0.25, -0.2) is 0 Å². The van der Waals surface area contributed by atoms with Gasteiger partial charge in [-0.2, -0.15) is 0 Å². The van der Waals surface area contributed by atoms with E-state index in [4.69, 9.17) is 12.2 Å². The molecule has 30 heavy (non-hydrogen) atoms. The molecular formula is C23H21N3O3S. The summed E-state index contributed by atoms with van der Waals surface area (Å²) in [6.45, 7) is 2.59. The minimum absolute atomic E-state index is 0.0982. The molecule has 0 fully saturated rings. The van der Waals surface area contributed by atoms with Crippen molar-refractivity contribution in [1.29, 1.82) is 0 Å². The highest BCUT2D eigenvalue weighted by molar-refractivity contribution is 7.80. The zero-order chi connectivity index (χ0) is 21.5. The van der Waals surface area contributed by atoms with Crippen LogP contribution in [-0.2, 0) is 13.1 Å². The quantitative estimate of drug-likeness (QED) is 0.358. The van der Waals surface area contributed by atoms with Crippen molar-refractivity contribution in [2.24, 2.45) is 0 Å². The maximum Gasteiger partial charge on any atom is 0.273 e. The van der Waals surface area contributed by atoms with E-state index in [1.165, 1.54) is 12.1 Å². The van der Waals surface area contributed by atoms with Gasteiger partial charge in [0.2, 0.25) is 0 Å². The van der Waals surface area contributed by atoms with Gasteiger partial charge in [0.05, 0.1) is 4.92 Å². The summed E-state index contributed by atoms with van der Waals surface area (Å²) < 4.78 is 0. The molecule has 0 bridgehead atoms. The van der Waals surface area contributed by atoms with Crippen molar-refractivity contribution in [3.05, 3.63) is 111 Å². The lowest BCUT2D eigenvalue weighted by Crippen LogP contribution is -2.42. The Labute approximate surface area is 180 Å². The molecular weight excluding hydrogens is 398 g/mol. The van der Waals surface area contributed by atoms with Gasteiger partial charge in [-0.3, -0.25) is 20.2 Å². The van der Waals surface area contributed by atoms with Crippen molar-refractivity contribution >= 4 is 28.9 Å². The second kappa shape index (κ2) is 9.76. The fourth-order valence-electron chi connectivity index (χ4n) is 3.12. The van der Waals surface area contributed by atoms with Gasteiger partial charge in [-0.1, -0.05) is 66.7 Å². The van der Waals surface area contributed by atoms with Crippen molar-refractivity contribution < 1.29 is 9.72 Å². The smallest absolute Gasteiger partial charge is 0.273 e. The van der Waals surface area contributed by atoms with Crippen molar-refractivity contribution in [3.8, 4) is 0 Å². The van der Waals surface area contributed by atoms with Gasteiger partial charge in [-0.15, -0.1) is 0 Å². The molecule has 0 radical (unpaired) electrons. The Morgan fingerprint density at radius 1 is 0.933 bits per heavy atom. The Kier molecular flexibility index (Phi) is 6.87. The maximum atomic E-state index is 12.8. The largest absolute Gasteiger partial charge is 0.340 e. The molecule has 3 aromatic rings. The van der Waals surface area contributed by atoms with Crippen LogP contribution in [0.25, 0.3) is 0 Å². The molecule has 0 saturated heterocycles. The number of nitro benzene ring substituents is 1. The normalized spacial score (nSPS) is 10.3. The number of amides is 1. The van der Waals surface area contributed by atoms with Crippen LogP contribution in [0.4, 0.5) is 5.69 Å². The molecule has 0 aromatic heterocycles. The number of rotatable bonds is 6. The van der Waals surface area contributed by atoms with Gasteiger partial charge >= 0.3 is 0 Å². The minimum atomic E-state index is -0.498. The Morgan fingerprint density at radius 3 is 1.97 bits per heavy atom. The lowest BCUT2D eigenvalue weighted by Gasteiger charge is -2.26. The average molecular weight is 420 g/mol. The summed E-state index contributed by atoms with van der Waals surface area (Å²) in [4.78, 5) is 25.4. The first-order valence-electron chi connectivity index (χ1n) is 9.38. The lowest BCUT2D eigenvalue weighted by atomic mass is 10.1. The van der Waals surface area contributed by atoms with Gasteiger partial charge in [0.1, 0.15) is 0 Å². The molecule has 3 rings (SSSR count). The second-order valence-electron chi connectivity index (χ2n) is 6.79. The predicted octanol–water partition coefficient (Wildman–Crippen LogP) is 4.62. The molecule has 0 atom stereocenters. The summed E-state index contributed by atoms with van der Waals surface area (Å²) in [7, 11) is 0. The molecule has 3 aromatic carbocycles. The van der Waals surface area contributed by atoms with Crippen molar-refractivity contribution in [2.75, 3.05) is 0 Å². The number of nitrogens with one attached hydrogen (secondary N) is 1. The van der Waals surface area contributed by atoms with E-state index in [-0.39, 0.29) is 16.4 Å². The zero-order valence-corrected chi connectivity index (χ0v) is 17.3. The third-order valence-corrected chi connectivity index (χ3v) is 5.05. The van der Waals surface area contributed by atoms with Gasteiger partial charge in [0.25, 0.3) is 11.6 Å². The molecule has 0 unspecified atom stereocenters. The first-order chi connectivity index (χ1) is 14.5. The molecule has 0 saturated carbocycles. The first-order valence-corrected chi connectivity index (χ1v) is 9.78. The molecule has 0 spiro atoms. The van der Waals surface area contributed by atoms with Crippen molar-refractivity contribution in [2.45, 2.75) is 20.0 Å². The summed E-state index contributed by atoms with van der Waals surface area (Å²) in [5.74, 6) is -0.465. The maximum absolute atomic E-state index is 12.8. The van der Waals surface area contributed by atoms with Gasteiger partial charge in [0.15, 0.2) is 5.11 Å². The molecule has 6 nitrogen and oxygen atoms in total. The zero-order valence-electron chi connectivity index (χ0n) is 16.4. The number of nitro groups is 1. The standard InChI is InChI=1S/C23H21N3O3S/c1-17-20(13-8-14-21(17)26(28)29)22(27)24-23(30)25(15-18-9-4-2-5-10-18)16-19-11-6-3-7-12-19/h2-14H,15-16H2,1H3,(H,24,27,30). The highest BCUT2D eigenvalue weighted by Gasteiger charge is 2.20. The molecule has 0 aliphatic carbocycles. The molecule has 0 aliphatic heterocycles. The van der Waals surface area contributed by atoms with Crippen LogP contribution in [-0.4, -0.2) is 20.8 Å². The second-order valence-corrected chi connectivity index (χ2v) is 7.18. The van der Waals surface area contributed by atoms with E-state index in [1.807, 2.05) is 65.6 Å². The van der Waals surface area contributed by atoms with Crippen LogP contribution in [0, 0.1) is 17.0 Å². The van der Waals surface area contributed by atoms with Gasteiger partial charge < -0.3 is 4.90 Å². The summed E-state index contributed by atoms with van der Waals surface area (Å²) in [6.07, 6.45) is 0. The number of benzene rings is 3. The van der Waals surface area contributed by atoms with Crippen LogP contribution in [0.5, 0.6) is 0 Å². The van der Waals surface area contributed by atoms with Gasteiger partial charge in [0, 0.05) is 30.3 Å². The van der Waals surface area contributed by atoms with Crippen LogP contribution >= 0.6 is 12.2 Å². The fourth-order valence-corrected chi connectivity index (χ4v) is 3.34. The molecule has 152 valence electrons. The number of hydrogen-bond donors (Lipinski definition) is 1. The molecule has 0 aliphatic rings.